The van der Waals surface area contributed by atoms with Crippen LogP contribution in [0, 0.1) is 0 Å². The van der Waals surface area contributed by atoms with Gasteiger partial charge in [-0.05, 0) is 12.1 Å². The van der Waals surface area contributed by atoms with Crippen LogP contribution < -0.4 is 23.0 Å². The Hall–Kier alpha value is -3.35. The van der Waals surface area contributed by atoms with Crippen LogP contribution in [0.3, 0.4) is 0 Å². The Balaban J connectivity index is 0.00000204. The molecule has 156 valence electrons. The lowest BCUT2D eigenvalue weighted by Crippen LogP contribution is -3.00. The van der Waals surface area contributed by atoms with Crippen LogP contribution >= 0.6 is 0 Å². The number of para-hydroxylation sites is 2. The number of nitrogens with zero attached hydrogens (tertiary/aromatic N) is 2. The fourth-order valence-electron chi connectivity index (χ4n) is 4.96. The van der Waals surface area contributed by atoms with Crippen molar-refractivity contribution in [3.05, 3.63) is 71.5 Å². The molecule has 2 aliphatic heterocycles. The Morgan fingerprint density at radius 2 is 1.55 bits per heavy atom. The minimum Gasteiger partial charge on any atom is -1.00 e. The molecule has 4 aromatic rings. The summed E-state index contributed by atoms with van der Waals surface area (Å²) in [5, 5.41) is 7.95. The van der Waals surface area contributed by atoms with E-state index in [9.17, 15) is 9.59 Å². The molecule has 7 heteroatoms. The molecule has 0 bridgehead atoms. The van der Waals surface area contributed by atoms with Gasteiger partial charge in [-0.25, -0.2) is 0 Å². The van der Waals surface area contributed by atoms with E-state index in [2.05, 4.69) is 21.3 Å². The molecule has 2 aliphatic rings. The number of hydrogen-bond donors (Lipinski definition) is 2. The van der Waals surface area contributed by atoms with Crippen molar-refractivity contribution in [2.45, 2.75) is 13.1 Å². The third-order valence-corrected chi connectivity index (χ3v) is 6.23. The van der Waals surface area contributed by atoms with Crippen molar-refractivity contribution < 1.29 is 22.0 Å². The third-order valence-electron chi connectivity index (χ3n) is 6.23. The molecule has 2 aromatic carbocycles. The molecule has 0 saturated carbocycles. The molecule has 6 rings (SSSR count). The Kier molecular flexibility index (Phi) is 4.50. The predicted molar refractivity (Wildman–Crippen MR) is 117 cm³/mol. The van der Waals surface area contributed by atoms with Crippen LogP contribution in [0.1, 0.15) is 16.8 Å². The van der Waals surface area contributed by atoms with E-state index in [1.807, 2.05) is 60.3 Å². The van der Waals surface area contributed by atoms with E-state index in [0.717, 1.165) is 51.7 Å². The van der Waals surface area contributed by atoms with E-state index < -0.39 is 0 Å². The standard InChI is InChI=1S/C24H20N4O2.ClH/c1-27-13-16(14-6-2-4-8-17(14)27)21-22(24(30)26-23(21)29)20-15-7-3-5-9-18(15)28-11-10-25-12-19(20)28;/h2-9,13,25H,10-12H2,1H3,(H,26,29,30);1H/p-1. The SMILES string of the molecule is Cn1cc(C2=C(c3c4n(c5ccccc35)CCNC4)C(=O)NC2=O)c2ccccc21.[Cl-]. The van der Waals surface area contributed by atoms with E-state index in [1.54, 1.807) is 0 Å². The van der Waals surface area contributed by atoms with E-state index in [4.69, 9.17) is 0 Å². The number of fused-ring (bicyclic) bond motifs is 4. The molecule has 2 N–H and O–H groups in total. The van der Waals surface area contributed by atoms with E-state index in [-0.39, 0.29) is 24.2 Å². The highest BCUT2D eigenvalue weighted by atomic mass is 35.5. The Morgan fingerprint density at radius 1 is 0.871 bits per heavy atom. The Bertz CT molecular complexity index is 1430. The van der Waals surface area contributed by atoms with Crippen molar-refractivity contribution in [3.63, 3.8) is 0 Å². The van der Waals surface area contributed by atoms with Gasteiger partial charge in [0.1, 0.15) is 0 Å². The highest BCUT2D eigenvalue weighted by Gasteiger charge is 2.37. The molecule has 0 radical (unpaired) electrons. The molecule has 4 heterocycles. The van der Waals surface area contributed by atoms with Gasteiger partial charge in [-0.15, -0.1) is 0 Å². The van der Waals surface area contributed by atoms with Crippen molar-refractivity contribution in [1.82, 2.24) is 19.8 Å². The summed E-state index contributed by atoms with van der Waals surface area (Å²) < 4.78 is 4.27. The second-order valence-corrected chi connectivity index (χ2v) is 7.87. The normalized spacial score (nSPS) is 16.0. The average Bonchev–Trinajstić information content (AvgIpc) is 3.37. The van der Waals surface area contributed by atoms with Crippen LogP contribution in [-0.2, 0) is 29.7 Å². The minimum atomic E-state index is -0.334. The van der Waals surface area contributed by atoms with Crippen LogP contribution in [0.4, 0.5) is 0 Å². The largest absolute Gasteiger partial charge is 1.00 e. The third kappa shape index (κ3) is 2.69. The lowest BCUT2D eigenvalue weighted by atomic mass is 9.93. The fourth-order valence-corrected chi connectivity index (χ4v) is 4.96. The van der Waals surface area contributed by atoms with Crippen molar-refractivity contribution in [1.29, 1.82) is 0 Å². The molecule has 2 aromatic heterocycles. The highest BCUT2D eigenvalue weighted by molar-refractivity contribution is 6.51. The molecular formula is C24H20ClN4O2-. The summed E-state index contributed by atoms with van der Waals surface area (Å²) >= 11 is 0. The van der Waals surface area contributed by atoms with E-state index >= 15 is 0 Å². The van der Waals surface area contributed by atoms with Gasteiger partial charge in [0.25, 0.3) is 11.8 Å². The summed E-state index contributed by atoms with van der Waals surface area (Å²) in [5.74, 6) is -0.660. The molecule has 2 amide bonds. The van der Waals surface area contributed by atoms with Gasteiger partial charge in [0.05, 0.1) is 11.1 Å². The van der Waals surface area contributed by atoms with Crippen molar-refractivity contribution >= 4 is 44.8 Å². The van der Waals surface area contributed by atoms with Gasteiger partial charge in [0, 0.05) is 71.5 Å². The number of aryl methyl sites for hydroxylation is 1. The zero-order valence-corrected chi connectivity index (χ0v) is 17.7. The lowest BCUT2D eigenvalue weighted by Gasteiger charge is -2.19. The molecule has 0 atom stereocenters. The van der Waals surface area contributed by atoms with Gasteiger partial charge in [-0.2, -0.15) is 0 Å². The van der Waals surface area contributed by atoms with Crippen LogP contribution in [0.5, 0.6) is 0 Å². The second-order valence-electron chi connectivity index (χ2n) is 7.87. The molecule has 0 aliphatic carbocycles. The molecule has 0 unspecified atom stereocenters. The number of benzene rings is 2. The summed E-state index contributed by atoms with van der Waals surface area (Å²) in [6.45, 7) is 2.38. The summed E-state index contributed by atoms with van der Waals surface area (Å²) in [6, 6.07) is 16.1. The first-order valence-corrected chi connectivity index (χ1v) is 10.1. The predicted octanol–water partition coefficient (Wildman–Crippen LogP) is -0.193. The van der Waals surface area contributed by atoms with Crippen molar-refractivity contribution in [2.24, 2.45) is 7.05 Å². The molecule has 0 fully saturated rings. The summed E-state index contributed by atoms with van der Waals surface area (Å²) in [6.07, 6.45) is 1.95. The fraction of sp³-hybridized carbons (Fsp3) is 0.167. The number of rotatable bonds is 2. The second kappa shape index (κ2) is 7.11. The number of nitrogens with one attached hydrogen (secondary N) is 2. The van der Waals surface area contributed by atoms with Crippen LogP contribution in [-0.4, -0.2) is 27.5 Å². The van der Waals surface area contributed by atoms with Gasteiger partial charge in [0.15, 0.2) is 0 Å². The topological polar surface area (TPSA) is 68.1 Å². The zero-order chi connectivity index (χ0) is 20.4. The molecule has 31 heavy (non-hydrogen) atoms. The molecule has 6 nitrogen and oxygen atoms in total. The maximum atomic E-state index is 13.1. The van der Waals surface area contributed by atoms with Gasteiger partial charge < -0.3 is 26.9 Å². The minimum absolute atomic E-state index is 0. The number of aromatic nitrogens is 2. The van der Waals surface area contributed by atoms with Gasteiger partial charge in [-0.1, -0.05) is 36.4 Å². The van der Waals surface area contributed by atoms with Crippen molar-refractivity contribution in [2.75, 3.05) is 6.54 Å². The van der Waals surface area contributed by atoms with E-state index in [0.29, 0.717) is 17.7 Å². The number of imide groups is 1. The van der Waals surface area contributed by atoms with Crippen LogP contribution in [0.25, 0.3) is 33.0 Å². The quantitative estimate of drug-likeness (QED) is 0.432. The number of carbonyl (C=O) groups is 2. The monoisotopic (exact) mass is 431 g/mol. The van der Waals surface area contributed by atoms with Crippen LogP contribution in [0.2, 0.25) is 0 Å². The van der Waals surface area contributed by atoms with Crippen LogP contribution in [0.15, 0.2) is 54.7 Å². The summed E-state index contributed by atoms with van der Waals surface area (Å²) in [7, 11) is 1.96. The van der Waals surface area contributed by atoms with E-state index in [1.165, 1.54) is 0 Å². The zero-order valence-electron chi connectivity index (χ0n) is 16.9. The Labute approximate surface area is 184 Å². The molecule has 0 saturated heterocycles. The molecular weight excluding hydrogens is 412 g/mol. The Morgan fingerprint density at radius 3 is 2.35 bits per heavy atom. The maximum Gasteiger partial charge on any atom is 0.259 e. The average molecular weight is 432 g/mol. The number of carbonyl (C=O) groups excluding carboxylic acids is 2. The van der Waals surface area contributed by atoms with Gasteiger partial charge >= 0.3 is 0 Å². The number of hydrogen-bond acceptors (Lipinski definition) is 3. The number of amides is 2. The number of halogens is 1. The lowest BCUT2D eigenvalue weighted by molar-refractivity contribution is -0.122. The summed E-state index contributed by atoms with van der Waals surface area (Å²) in [5.41, 5.74) is 5.77. The van der Waals surface area contributed by atoms with Gasteiger partial charge in [-0.3, -0.25) is 14.9 Å². The van der Waals surface area contributed by atoms with Crippen molar-refractivity contribution in [3.8, 4) is 0 Å². The first-order valence-electron chi connectivity index (χ1n) is 10.1. The van der Waals surface area contributed by atoms with Gasteiger partial charge in [0.2, 0.25) is 0 Å². The summed E-state index contributed by atoms with van der Waals surface area (Å²) in [4.78, 5) is 26.1. The first-order chi connectivity index (χ1) is 14.6. The highest BCUT2D eigenvalue weighted by Crippen LogP contribution is 2.41. The smallest absolute Gasteiger partial charge is 0.259 e. The first kappa shape index (κ1) is 19.6. The molecule has 0 spiro atoms. The maximum absolute atomic E-state index is 13.1.